The minimum Gasteiger partial charge on any atom is -0.329 e. The molecule has 0 heterocycles. The fraction of sp³-hybridized carbons (Fsp3) is 0.857. The van der Waals surface area contributed by atoms with Gasteiger partial charge < -0.3 is 5.73 Å². The van der Waals surface area contributed by atoms with Gasteiger partial charge in [0.1, 0.15) is 0 Å². The maximum Gasteiger partial charge on any atom is 0.154 e. The molecule has 1 unspecified atom stereocenters. The van der Waals surface area contributed by atoms with Gasteiger partial charge in [0.15, 0.2) is 9.84 Å². The molecule has 0 radical (unpaired) electrons. The molecule has 70 valence electrons. The van der Waals surface area contributed by atoms with Crippen LogP contribution in [0.4, 0.5) is 0 Å². The molecule has 4 nitrogen and oxygen atoms in total. The zero-order valence-corrected chi connectivity index (χ0v) is 7.97. The molecule has 12 heavy (non-hydrogen) atoms. The van der Waals surface area contributed by atoms with E-state index in [0.717, 1.165) is 0 Å². The molecule has 0 aliphatic heterocycles. The van der Waals surface area contributed by atoms with Gasteiger partial charge in [-0.2, -0.15) is 5.26 Å². The molecule has 0 aliphatic rings. The lowest BCUT2D eigenvalue weighted by atomic mass is 10.4. The molecule has 5 heteroatoms. The summed E-state index contributed by atoms with van der Waals surface area (Å²) >= 11 is 0. The summed E-state index contributed by atoms with van der Waals surface area (Å²) in [6.45, 7) is 1.73. The topological polar surface area (TPSA) is 84.0 Å². The first-order valence-electron chi connectivity index (χ1n) is 3.83. The Morgan fingerprint density at radius 2 is 2.17 bits per heavy atom. The summed E-state index contributed by atoms with van der Waals surface area (Å²) in [5.74, 6) is 0.0684. The van der Waals surface area contributed by atoms with E-state index >= 15 is 0 Å². The molecule has 0 aromatic rings. The molecule has 0 fully saturated rings. The summed E-state index contributed by atoms with van der Waals surface area (Å²) in [7, 11) is -3.06. The van der Waals surface area contributed by atoms with Gasteiger partial charge in [-0.05, 0) is 13.3 Å². The van der Waals surface area contributed by atoms with E-state index in [1.165, 1.54) is 0 Å². The molecule has 0 spiro atoms. The van der Waals surface area contributed by atoms with E-state index in [-0.39, 0.29) is 18.7 Å². The average molecular weight is 190 g/mol. The van der Waals surface area contributed by atoms with Crippen molar-refractivity contribution in [3.63, 3.8) is 0 Å². The van der Waals surface area contributed by atoms with Gasteiger partial charge in [0, 0.05) is 13.0 Å². The van der Waals surface area contributed by atoms with Crippen molar-refractivity contribution >= 4 is 9.84 Å². The van der Waals surface area contributed by atoms with Gasteiger partial charge in [-0.15, -0.1) is 0 Å². The number of nitriles is 1. The quantitative estimate of drug-likeness (QED) is 0.621. The molecule has 0 amide bonds. The summed E-state index contributed by atoms with van der Waals surface area (Å²) < 4.78 is 22.5. The lowest BCUT2D eigenvalue weighted by Gasteiger charge is -2.08. The Kier molecular flexibility index (Phi) is 4.86. The fourth-order valence-corrected chi connectivity index (χ4v) is 1.94. The molecule has 0 aliphatic carbocycles. The van der Waals surface area contributed by atoms with Crippen LogP contribution in [0.2, 0.25) is 0 Å². The van der Waals surface area contributed by atoms with Gasteiger partial charge in [-0.25, -0.2) is 8.42 Å². The Morgan fingerprint density at radius 1 is 1.58 bits per heavy atom. The molecule has 2 N–H and O–H groups in total. The van der Waals surface area contributed by atoms with E-state index in [1.54, 1.807) is 6.92 Å². The standard InChI is InChI=1S/C7H14N2O2S/c1-7(6-9)12(10,11)5-3-2-4-8/h7H,2-3,5-6,9H2,1H3. The maximum atomic E-state index is 11.2. The number of rotatable bonds is 5. The van der Waals surface area contributed by atoms with Crippen LogP contribution in [0.25, 0.3) is 0 Å². The Bertz CT molecular complexity index is 253. The Morgan fingerprint density at radius 3 is 2.58 bits per heavy atom. The second-order valence-corrected chi connectivity index (χ2v) is 5.21. The van der Waals surface area contributed by atoms with E-state index in [4.69, 9.17) is 11.0 Å². The van der Waals surface area contributed by atoms with E-state index in [9.17, 15) is 8.42 Å². The highest BCUT2D eigenvalue weighted by Crippen LogP contribution is 2.03. The van der Waals surface area contributed by atoms with Crippen LogP contribution in [0.15, 0.2) is 0 Å². The van der Waals surface area contributed by atoms with Crippen LogP contribution < -0.4 is 5.73 Å². The predicted molar refractivity (Wildman–Crippen MR) is 47.2 cm³/mol. The van der Waals surface area contributed by atoms with Crippen LogP contribution in [0, 0.1) is 11.3 Å². The van der Waals surface area contributed by atoms with Crippen molar-refractivity contribution in [3.05, 3.63) is 0 Å². The van der Waals surface area contributed by atoms with Crippen LogP contribution >= 0.6 is 0 Å². The van der Waals surface area contributed by atoms with Crippen molar-refractivity contribution < 1.29 is 8.42 Å². The molecule has 1 atom stereocenters. The summed E-state index contributed by atoms with van der Waals surface area (Å²) in [6, 6.07) is 1.90. The van der Waals surface area contributed by atoms with Crippen LogP contribution in [-0.4, -0.2) is 26.0 Å². The molecule has 0 saturated heterocycles. The van der Waals surface area contributed by atoms with Crippen molar-refractivity contribution in [2.24, 2.45) is 5.73 Å². The normalized spacial score (nSPS) is 13.8. The van der Waals surface area contributed by atoms with Gasteiger partial charge in [-0.1, -0.05) is 0 Å². The molecule has 0 saturated carbocycles. The van der Waals surface area contributed by atoms with Gasteiger partial charge in [0.05, 0.1) is 17.1 Å². The van der Waals surface area contributed by atoms with Crippen molar-refractivity contribution in [1.82, 2.24) is 0 Å². The van der Waals surface area contributed by atoms with E-state index in [0.29, 0.717) is 6.42 Å². The highest BCUT2D eigenvalue weighted by Gasteiger charge is 2.17. The third-order valence-corrected chi connectivity index (χ3v) is 3.94. The lowest BCUT2D eigenvalue weighted by Crippen LogP contribution is -2.28. The van der Waals surface area contributed by atoms with Gasteiger partial charge >= 0.3 is 0 Å². The van der Waals surface area contributed by atoms with Gasteiger partial charge in [0.2, 0.25) is 0 Å². The third-order valence-electron chi connectivity index (χ3n) is 1.66. The monoisotopic (exact) mass is 190 g/mol. The molecular weight excluding hydrogens is 176 g/mol. The first-order valence-corrected chi connectivity index (χ1v) is 5.54. The first-order chi connectivity index (χ1) is 5.54. The van der Waals surface area contributed by atoms with Gasteiger partial charge in [-0.3, -0.25) is 0 Å². The van der Waals surface area contributed by atoms with Crippen molar-refractivity contribution in [3.8, 4) is 6.07 Å². The second kappa shape index (κ2) is 5.12. The van der Waals surface area contributed by atoms with Crippen LogP contribution in [0.5, 0.6) is 0 Å². The van der Waals surface area contributed by atoms with E-state index < -0.39 is 15.1 Å². The first kappa shape index (κ1) is 11.4. The van der Waals surface area contributed by atoms with Crippen molar-refractivity contribution in [2.45, 2.75) is 25.0 Å². The third kappa shape index (κ3) is 3.69. The summed E-state index contributed by atoms with van der Waals surface area (Å²) in [4.78, 5) is 0. The predicted octanol–water partition coefficient (Wildman–Crippen LogP) is 0.0522. The highest BCUT2D eigenvalue weighted by atomic mass is 32.2. The minimum absolute atomic E-state index is 0.0684. The number of nitrogens with two attached hydrogens (primary N) is 1. The molecule has 0 rings (SSSR count). The van der Waals surface area contributed by atoms with Gasteiger partial charge in [0.25, 0.3) is 0 Å². The minimum atomic E-state index is -3.06. The summed E-state index contributed by atoms with van der Waals surface area (Å²) in [6.07, 6.45) is 0.694. The Balaban J connectivity index is 3.99. The Hall–Kier alpha value is -0.600. The number of hydrogen-bond acceptors (Lipinski definition) is 4. The molecule has 0 bridgehead atoms. The largest absolute Gasteiger partial charge is 0.329 e. The SMILES string of the molecule is CC(CN)S(=O)(=O)CCCC#N. The molecule has 0 aromatic carbocycles. The zero-order chi connectivity index (χ0) is 9.61. The molecule has 0 aromatic heterocycles. The fourth-order valence-electron chi connectivity index (χ4n) is 0.700. The van der Waals surface area contributed by atoms with Crippen LogP contribution in [0.1, 0.15) is 19.8 Å². The lowest BCUT2D eigenvalue weighted by molar-refractivity contribution is 0.581. The maximum absolute atomic E-state index is 11.2. The zero-order valence-electron chi connectivity index (χ0n) is 7.16. The Labute approximate surface area is 73.3 Å². The number of sulfone groups is 1. The summed E-state index contributed by atoms with van der Waals surface area (Å²) in [5, 5.41) is 7.70. The number of unbranched alkanes of at least 4 members (excludes halogenated alkanes) is 1. The summed E-state index contributed by atoms with van der Waals surface area (Å²) in [5.41, 5.74) is 5.22. The van der Waals surface area contributed by atoms with Crippen molar-refractivity contribution in [1.29, 1.82) is 5.26 Å². The smallest absolute Gasteiger partial charge is 0.154 e. The second-order valence-electron chi connectivity index (χ2n) is 2.67. The number of hydrogen-bond donors (Lipinski definition) is 1. The van der Waals surface area contributed by atoms with Crippen LogP contribution in [0.3, 0.4) is 0 Å². The van der Waals surface area contributed by atoms with E-state index in [2.05, 4.69) is 0 Å². The van der Waals surface area contributed by atoms with Crippen molar-refractivity contribution in [2.75, 3.05) is 12.3 Å². The average Bonchev–Trinajstić information content (AvgIpc) is 2.03. The number of nitrogens with zero attached hydrogens (tertiary/aromatic N) is 1. The van der Waals surface area contributed by atoms with Crippen LogP contribution in [-0.2, 0) is 9.84 Å². The highest BCUT2D eigenvalue weighted by molar-refractivity contribution is 7.92. The molecular formula is C7H14N2O2S. The van der Waals surface area contributed by atoms with E-state index in [1.807, 2.05) is 6.07 Å².